The van der Waals surface area contributed by atoms with E-state index >= 15 is 0 Å². The van der Waals surface area contributed by atoms with Crippen LogP contribution in [0.3, 0.4) is 0 Å². The minimum absolute atomic E-state index is 0.142. The van der Waals surface area contributed by atoms with E-state index in [1.165, 1.54) is 5.56 Å². The number of nitrogens with one attached hydrogen (secondary N) is 2. The Morgan fingerprint density at radius 1 is 0.923 bits per heavy atom. The van der Waals surface area contributed by atoms with E-state index in [1.54, 1.807) is 6.33 Å². The van der Waals surface area contributed by atoms with Crippen molar-refractivity contribution in [3.63, 3.8) is 0 Å². The highest BCUT2D eigenvalue weighted by Crippen LogP contribution is 2.25. The van der Waals surface area contributed by atoms with E-state index in [4.69, 9.17) is 11.6 Å². The molecule has 4 nitrogen and oxygen atoms in total. The van der Waals surface area contributed by atoms with Gasteiger partial charge in [-0.3, -0.25) is 0 Å². The van der Waals surface area contributed by atoms with Gasteiger partial charge in [0.15, 0.2) is 0 Å². The van der Waals surface area contributed by atoms with Crippen LogP contribution in [0.2, 0.25) is 5.02 Å². The van der Waals surface area contributed by atoms with Crippen LogP contribution in [-0.2, 0) is 12.0 Å². The lowest BCUT2D eigenvalue weighted by Gasteiger charge is -2.19. The normalized spacial score (nSPS) is 11.2. The topological polar surface area (TPSA) is 49.8 Å². The van der Waals surface area contributed by atoms with Crippen LogP contribution < -0.4 is 10.6 Å². The smallest absolute Gasteiger partial charge is 0.135 e. The molecule has 0 aliphatic rings. The molecule has 134 valence electrons. The number of nitrogens with zero attached hydrogens (tertiary/aromatic N) is 2. The van der Waals surface area contributed by atoms with E-state index in [2.05, 4.69) is 65.6 Å². The minimum atomic E-state index is 0.142. The first-order valence-electron chi connectivity index (χ1n) is 8.59. The number of halogens is 1. The van der Waals surface area contributed by atoms with Crippen molar-refractivity contribution < 1.29 is 0 Å². The van der Waals surface area contributed by atoms with Crippen molar-refractivity contribution in [2.75, 3.05) is 10.6 Å². The Hall–Kier alpha value is -2.59. The average molecular weight is 367 g/mol. The largest absolute Gasteiger partial charge is 0.366 e. The third kappa shape index (κ3) is 4.73. The molecule has 0 amide bonds. The first-order chi connectivity index (χ1) is 12.4. The number of aromatic nitrogens is 2. The zero-order valence-electron chi connectivity index (χ0n) is 15.3. The van der Waals surface area contributed by atoms with Crippen molar-refractivity contribution in [3.8, 4) is 0 Å². The lowest BCUT2D eigenvalue weighted by atomic mass is 9.87. The summed E-state index contributed by atoms with van der Waals surface area (Å²) in [4.78, 5) is 8.56. The summed E-state index contributed by atoms with van der Waals surface area (Å²) in [6.45, 7) is 7.22. The molecule has 0 fully saturated rings. The van der Waals surface area contributed by atoms with Crippen molar-refractivity contribution in [2.45, 2.75) is 32.7 Å². The van der Waals surface area contributed by atoms with Gasteiger partial charge in [0, 0.05) is 23.3 Å². The van der Waals surface area contributed by atoms with E-state index in [-0.39, 0.29) is 5.41 Å². The average Bonchev–Trinajstić information content (AvgIpc) is 2.61. The van der Waals surface area contributed by atoms with Gasteiger partial charge in [0.05, 0.1) is 0 Å². The predicted molar refractivity (Wildman–Crippen MR) is 109 cm³/mol. The molecule has 0 bridgehead atoms. The second-order valence-electron chi connectivity index (χ2n) is 7.19. The molecule has 0 atom stereocenters. The Morgan fingerprint density at radius 3 is 2.31 bits per heavy atom. The number of hydrogen-bond donors (Lipinski definition) is 2. The van der Waals surface area contributed by atoms with Crippen LogP contribution in [0, 0.1) is 0 Å². The van der Waals surface area contributed by atoms with Crippen molar-refractivity contribution >= 4 is 28.9 Å². The molecule has 0 radical (unpaired) electrons. The summed E-state index contributed by atoms with van der Waals surface area (Å²) in [6, 6.07) is 18.1. The van der Waals surface area contributed by atoms with E-state index in [9.17, 15) is 0 Å². The Balaban J connectivity index is 1.66. The van der Waals surface area contributed by atoms with Crippen LogP contribution in [0.4, 0.5) is 17.3 Å². The molecule has 0 aliphatic carbocycles. The second-order valence-corrected chi connectivity index (χ2v) is 7.59. The van der Waals surface area contributed by atoms with Crippen LogP contribution in [0.15, 0.2) is 60.9 Å². The molecule has 0 saturated heterocycles. The second kappa shape index (κ2) is 7.75. The van der Waals surface area contributed by atoms with Gasteiger partial charge in [-0.1, -0.05) is 62.7 Å². The van der Waals surface area contributed by atoms with Gasteiger partial charge in [-0.15, -0.1) is 0 Å². The molecular weight excluding hydrogens is 344 g/mol. The maximum atomic E-state index is 6.19. The monoisotopic (exact) mass is 366 g/mol. The third-order valence-electron chi connectivity index (χ3n) is 4.11. The molecule has 0 spiro atoms. The van der Waals surface area contributed by atoms with Gasteiger partial charge in [0.1, 0.15) is 18.0 Å². The number of rotatable bonds is 5. The molecule has 1 aromatic heterocycles. The minimum Gasteiger partial charge on any atom is -0.366 e. The lowest BCUT2D eigenvalue weighted by molar-refractivity contribution is 0.590. The summed E-state index contributed by atoms with van der Waals surface area (Å²) in [7, 11) is 0. The van der Waals surface area contributed by atoms with Gasteiger partial charge in [0.25, 0.3) is 0 Å². The fourth-order valence-corrected chi connectivity index (χ4v) is 2.75. The third-order valence-corrected chi connectivity index (χ3v) is 4.48. The molecule has 0 unspecified atom stereocenters. The lowest BCUT2D eigenvalue weighted by Crippen LogP contribution is -2.10. The van der Waals surface area contributed by atoms with Gasteiger partial charge in [-0.05, 0) is 34.7 Å². The highest BCUT2D eigenvalue weighted by molar-refractivity contribution is 6.31. The van der Waals surface area contributed by atoms with Gasteiger partial charge in [0.2, 0.25) is 0 Å². The highest BCUT2D eigenvalue weighted by Gasteiger charge is 2.12. The zero-order chi connectivity index (χ0) is 18.6. The molecule has 3 aromatic rings. The molecule has 26 heavy (non-hydrogen) atoms. The van der Waals surface area contributed by atoms with Gasteiger partial charge in [-0.2, -0.15) is 0 Å². The van der Waals surface area contributed by atoms with Crippen LogP contribution in [0.25, 0.3) is 0 Å². The van der Waals surface area contributed by atoms with Crippen LogP contribution in [0.5, 0.6) is 0 Å². The van der Waals surface area contributed by atoms with E-state index in [0.717, 1.165) is 27.9 Å². The summed E-state index contributed by atoms with van der Waals surface area (Å²) in [6.07, 6.45) is 1.54. The quantitative estimate of drug-likeness (QED) is 0.600. The molecule has 1 heterocycles. The summed E-state index contributed by atoms with van der Waals surface area (Å²) < 4.78 is 0. The van der Waals surface area contributed by atoms with Crippen molar-refractivity contribution in [3.05, 3.63) is 77.1 Å². The van der Waals surface area contributed by atoms with Gasteiger partial charge >= 0.3 is 0 Å². The van der Waals surface area contributed by atoms with Crippen molar-refractivity contribution in [2.24, 2.45) is 0 Å². The zero-order valence-corrected chi connectivity index (χ0v) is 16.0. The maximum Gasteiger partial charge on any atom is 0.135 e. The van der Waals surface area contributed by atoms with Crippen LogP contribution >= 0.6 is 11.6 Å². The first kappa shape index (κ1) is 18.2. The van der Waals surface area contributed by atoms with Crippen LogP contribution in [0.1, 0.15) is 31.9 Å². The predicted octanol–water partition coefficient (Wildman–Crippen LogP) is 5.78. The van der Waals surface area contributed by atoms with Gasteiger partial charge < -0.3 is 10.6 Å². The maximum absolute atomic E-state index is 6.19. The fourth-order valence-electron chi connectivity index (χ4n) is 2.55. The molecule has 3 rings (SSSR count). The first-order valence-corrected chi connectivity index (χ1v) is 8.96. The summed E-state index contributed by atoms with van der Waals surface area (Å²) in [5.74, 6) is 1.49. The highest BCUT2D eigenvalue weighted by atomic mass is 35.5. The van der Waals surface area contributed by atoms with Crippen molar-refractivity contribution in [1.29, 1.82) is 0 Å². The number of hydrogen-bond acceptors (Lipinski definition) is 4. The fraction of sp³-hybridized carbons (Fsp3) is 0.238. The van der Waals surface area contributed by atoms with Gasteiger partial charge in [-0.25, -0.2) is 9.97 Å². The Bertz CT molecular complexity index is 870. The number of benzene rings is 2. The summed E-state index contributed by atoms with van der Waals surface area (Å²) in [5, 5.41) is 7.34. The molecule has 2 aromatic carbocycles. The van der Waals surface area contributed by atoms with Crippen molar-refractivity contribution in [1.82, 2.24) is 9.97 Å². The summed E-state index contributed by atoms with van der Waals surface area (Å²) in [5.41, 5.74) is 3.46. The molecular formula is C21H23ClN4. The SMILES string of the molecule is CC(C)(C)c1ccc(Nc2cc(NCc3ccccc3Cl)ncn2)cc1. The van der Waals surface area contributed by atoms with Crippen LogP contribution in [-0.4, -0.2) is 9.97 Å². The van der Waals surface area contributed by atoms with E-state index in [1.807, 2.05) is 30.3 Å². The summed E-state index contributed by atoms with van der Waals surface area (Å²) >= 11 is 6.19. The van der Waals surface area contributed by atoms with E-state index < -0.39 is 0 Å². The molecule has 0 saturated carbocycles. The standard InChI is InChI=1S/C21H23ClN4/c1-21(2,3)16-8-10-17(11-9-16)26-20-12-19(24-14-25-20)23-13-15-6-4-5-7-18(15)22/h4-12,14H,13H2,1-3H3,(H2,23,24,25,26). The Kier molecular flexibility index (Phi) is 5.43. The molecule has 5 heteroatoms. The van der Waals surface area contributed by atoms with E-state index in [0.29, 0.717) is 6.54 Å². The molecule has 2 N–H and O–H groups in total. The Labute approximate surface area is 159 Å². The number of anilines is 3. The Morgan fingerprint density at radius 2 is 1.62 bits per heavy atom. The molecule has 0 aliphatic heterocycles.